The van der Waals surface area contributed by atoms with Crippen molar-refractivity contribution in [1.82, 2.24) is 0 Å². The molecule has 64 valence electrons. The first-order valence-electron chi connectivity index (χ1n) is 3.82. The van der Waals surface area contributed by atoms with Gasteiger partial charge < -0.3 is 4.74 Å². The van der Waals surface area contributed by atoms with Crippen LogP contribution in [0, 0.1) is 11.6 Å². The van der Waals surface area contributed by atoms with Crippen LogP contribution in [0.5, 0.6) is 0 Å². The fourth-order valence-corrected chi connectivity index (χ4v) is 1.40. The predicted octanol–water partition coefficient (Wildman–Crippen LogP) is 2.04. The molecule has 0 N–H and O–H groups in total. The Morgan fingerprint density at radius 2 is 2.08 bits per heavy atom. The maximum atomic E-state index is 13.0. The Kier molecular flexibility index (Phi) is 1.81. The molecule has 0 atom stereocenters. The first kappa shape index (κ1) is 7.68. The summed E-state index contributed by atoms with van der Waals surface area (Å²) in [4.78, 5) is 0. The van der Waals surface area contributed by atoms with E-state index in [1.165, 1.54) is 6.07 Å². The molecule has 1 aromatic carbocycles. The van der Waals surface area contributed by atoms with Gasteiger partial charge in [-0.3, -0.25) is 0 Å². The summed E-state index contributed by atoms with van der Waals surface area (Å²) < 4.78 is 30.7. The van der Waals surface area contributed by atoms with E-state index in [0.29, 0.717) is 18.6 Å². The molecule has 0 bridgehead atoms. The predicted molar refractivity (Wildman–Crippen MR) is 39.7 cm³/mol. The van der Waals surface area contributed by atoms with E-state index < -0.39 is 11.6 Å². The molecule has 0 aromatic heterocycles. The minimum absolute atomic E-state index is 0.265. The van der Waals surface area contributed by atoms with Gasteiger partial charge in [0, 0.05) is 11.6 Å². The van der Waals surface area contributed by atoms with Gasteiger partial charge in [-0.25, -0.2) is 8.78 Å². The van der Waals surface area contributed by atoms with E-state index in [1.807, 2.05) is 0 Å². The number of hydrogen-bond donors (Lipinski definition) is 0. The van der Waals surface area contributed by atoms with E-state index in [-0.39, 0.29) is 6.61 Å². The Morgan fingerprint density at radius 3 is 2.92 bits per heavy atom. The van der Waals surface area contributed by atoms with E-state index in [1.54, 1.807) is 0 Å². The van der Waals surface area contributed by atoms with Crippen LogP contribution in [0.1, 0.15) is 11.1 Å². The number of hydrogen-bond acceptors (Lipinski definition) is 1. The van der Waals surface area contributed by atoms with Crippen molar-refractivity contribution in [1.29, 1.82) is 0 Å². The summed E-state index contributed by atoms with van der Waals surface area (Å²) in [5, 5.41) is 0. The molecule has 2 rings (SSSR count). The van der Waals surface area contributed by atoms with Crippen molar-refractivity contribution in [3.8, 4) is 0 Å². The lowest BCUT2D eigenvalue weighted by molar-refractivity contribution is 0.107. The van der Waals surface area contributed by atoms with Gasteiger partial charge in [-0.05, 0) is 18.1 Å². The maximum Gasteiger partial charge on any atom is 0.131 e. The first-order valence-corrected chi connectivity index (χ1v) is 3.82. The van der Waals surface area contributed by atoms with Gasteiger partial charge in [-0.1, -0.05) is 0 Å². The van der Waals surface area contributed by atoms with Gasteiger partial charge >= 0.3 is 0 Å². The maximum absolute atomic E-state index is 13.0. The molecule has 0 spiro atoms. The lowest BCUT2D eigenvalue weighted by atomic mass is 10.0. The highest BCUT2D eigenvalue weighted by Gasteiger charge is 2.14. The van der Waals surface area contributed by atoms with E-state index in [0.717, 1.165) is 11.6 Å². The van der Waals surface area contributed by atoms with Crippen LogP contribution < -0.4 is 0 Å². The molecule has 0 radical (unpaired) electrons. The Balaban J connectivity index is 2.53. The van der Waals surface area contributed by atoms with Crippen molar-refractivity contribution in [2.45, 2.75) is 13.0 Å². The number of benzene rings is 1. The summed E-state index contributed by atoms with van der Waals surface area (Å²) in [6.45, 7) is 0.817. The second-order valence-corrected chi connectivity index (χ2v) is 2.83. The van der Waals surface area contributed by atoms with Crippen LogP contribution in [0.2, 0.25) is 0 Å². The molecule has 12 heavy (non-hydrogen) atoms. The van der Waals surface area contributed by atoms with E-state index in [9.17, 15) is 8.78 Å². The van der Waals surface area contributed by atoms with Crippen molar-refractivity contribution in [3.05, 3.63) is 34.9 Å². The summed E-state index contributed by atoms with van der Waals surface area (Å²) in [6, 6.07) is 2.27. The van der Waals surface area contributed by atoms with E-state index in [2.05, 4.69) is 0 Å². The molecule has 1 aliphatic heterocycles. The minimum Gasteiger partial charge on any atom is -0.376 e. The smallest absolute Gasteiger partial charge is 0.131 e. The van der Waals surface area contributed by atoms with Crippen LogP contribution >= 0.6 is 0 Å². The van der Waals surface area contributed by atoms with Crippen molar-refractivity contribution in [2.24, 2.45) is 0 Å². The third-order valence-electron chi connectivity index (χ3n) is 2.01. The normalized spacial score (nSPS) is 15.8. The summed E-state index contributed by atoms with van der Waals surface area (Å²) in [5.41, 5.74) is 1.24. The summed E-state index contributed by atoms with van der Waals surface area (Å²) in [5.74, 6) is -1.00. The summed E-state index contributed by atoms with van der Waals surface area (Å²) in [7, 11) is 0. The second kappa shape index (κ2) is 2.83. The fraction of sp³-hybridized carbons (Fsp3) is 0.333. The largest absolute Gasteiger partial charge is 0.376 e. The molecular formula is C9H8F2O. The van der Waals surface area contributed by atoms with Crippen LogP contribution in [-0.2, 0) is 17.8 Å². The molecule has 1 nitrogen and oxygen atoms in total. The highest BCUT2D eigenvalue weighted by Crippen LogP contribution is 2.20. The topological polar surface area (TPSA) is 9.23 Å². The van der Waals surface area contributed by atoms with Gasteiger partial charge in [-0.15, -0.1) is 0 Å². The number of rotatable bonds is 0. The SMILES string of the molecule is Fc1cc(F)c2c(c1)CCOC2. The molecule has 1 aromatic rings. The van der Waals surface area contributed by atoms with Crippen molar-refractivity contribution in [2.75, 3.05) is 6.61 Å². The highest BCUT2D eigenvalue weighted by molar-refractivity contribution is 5.30. The number of ether oxygens (including phenoxy) is 1. The number of fused-ring (bicyclic) bond motifs is 1. The molecule has 1 heterocycles. The zero-order valence-electron chi connectivity index (χ0n) is 6.44. The van der Waals surface area contributed by atoms with E-state index in [4.69, 9.17) is 4.74 Å². The van der Waals surface area contributed by atoms with Gasteiger partial charge in [0.15, 0.2) is 0 Å². The monoisotopic (exact) mass is 170 g/mol. The molecule has 0 unspecified atom stereocenters. The first-order chi connectivity index (χ1) is 5.77. The second-order valence-electron chi connectivity index (χ2n) is 2.83. The van der Waals surface area contributed by atoms with Crippen LogP contribution in [0.4, 0.5) is 8.78 Å². The highest BCUT2D eigenvalue weighted by atomic mass is 19.1. The molecular weight excluding hydrogens is 162 g/mol. The van der Waals surface area contributed by atoms with Gasteiger partial charge in [0.25, 0.3) is 0 Å². The molecule has 0 fully saturated rings. The van der Waals surface area contributed by atoms with Crippen LogP contribution in [0.25, 0.3) is 0 Å². The molecule has 0 amide bonds. The van der Waals surface area contributed by atoms with Gasteiger partial charge in [0.2, 0.25) is 0 Å². The molecule has 0 aliphatic carbocycles. The van der Waals surface area contributed by atoms with Crippen molar-refractivity contribution < 1.29 is 13.5 Å². The average molecular weight is 170 g/mol. The fourth-order valence-electron chi connectivity index (χ4n) is 1.40. The molecule has 0 saturated heterocycles. The van der Waals surface area contributed by atoms with Gasteiger partial charge in [-0.2, -0.15) is 0 Å². The average Bonchev–Trinajstić information content (AvgIpc) is 2.04. The number of halogens is 2. The zero-order valence-corrected chi connectivity index (χ0v) is 6.44. The lowest BCUT2D eigenvalue weighted by Crippen LogP contribution is -2.12. The van der Waals surface area contributed by atoms with Crippen LogP contribution in [0.15, 0.2) is 12.1 Å². The third kappa shape index (κ3) is 1.20. The Bertz CT molecular complexity index is 310. The Morgan fingerprint density at radius 1 is 1.25 bits per heavy atom. The van der Waals surface area contributed by atoms with Crippen LogP contribution in [-0.4, -0.2) is 6.61 Å². The minimum atomic E-state index is -0.506. The molecule has 1 aliphatic rings. The van der Waals surface area contributed by atoms with Gasteiger partial charge in [0.05, 0.1) is 13.2 Å². The van der Waals surface area contributed by atoms with Crippen LogP contribution in [0.3, 0.4) is 0 Å². The third-order valence-corrected chi connectivity index (χ3v) is 2.01. The van der Waals surface area contributed by atoms with E-state index >= 15 is 0 Å². The zero-order chi connectivity index (χ0) is 8.55. The Hall–Kier alpha value is -0.960. The van der Waals surface area contributed by atoms with Crippen molar-refractivity contribution >= 4 is 0 Å². The molecule has 3 heteroatoms. The quantitative estimate of drug-likeness (QED) is 0.579. The summed E-state index contributed by atoms with van der Waals surface area (Å²) >= 11 is 0. The summed E-state index contributed by atoms with van der Waals surface area (Å²) in [6.07, 6.45) is 0.601. The molecule has 0 saturated carbocycles. The lowest BCUT2D eigenvalue weighted by Gasteiger charge is -2.16. The van der Waals surface area contributed by atoms with Crippen molar-refractivity contribution in [3.63, 3.8) is 0 Å². The van der Waals surface area contributed by atoms with Gasteiger partial charge in [0.1, 0.15) is 11.6 Å². The Labute approximate surface area is 69.0 Å². The standard InChI is InChI=1S/C9H8F2O/c10-7-3-6-1-2-12-5-8(6)9(11)4-7/h3-4H,1-2,5H2.